The molecule has 0 radical (unpaired) electrons. The van der Waals surface area contributed by atoms with Crippen LogP contribution >= 0.6 is 0 Å². The van der Waals surface area contributed by atoms with Gasteiger partial charge in [-0.05, 0) is 17.5 Å². The van der Waals surface area contributed by atoms with Gasteiger partial charge in [0.15, 0.2) is 0 Å². The molecule has 0 spiro atoms. The molecule has 0 atom stereocenters. The number of benzene rings is 1. The minimum atomic E-state index is -0.157. The summed E-state index contributed by atoms with van der Waals surface area (Å²) in [5.41, 5.74) is 1.95. The molecule has 5 nitrogen and oxygen atoms in total. The molecular weight excluding hydrogens is 266 g/mol. The summed E-state index contributed by atoms with van der Waals surface area (Å²) in [6.07, 6.45) is 2.10. The van der Waals surface area contributed by atoms with Crippen LogP contribution in [0.3, 0.4) is 0 Å². The highest BCUT2D eigenvalue weighted by Gasteiger charge is 2.10. The molecule has 0 fully saturated rings. The van der Waals surface area contributed by atoms with Gasteiger partial charge in [0, 0.05) is 23.6 Å². The summed E-state index contributed by atoms with van der Waals surface area (Å²) in [5, 5.41) is 6.45. The minimum Gasteiger partial charge on any atom is -0.361 e. The molecule has 3 N–H and O–H groups in total. The van der Waals surface area contributed by atoms with E-state index in [0.717, 1.165) is 16.5 Å². The molecule has 0 aliphatic heterocycles. The number of hydrogen-bond donors (Lipinski definition) is 3. The van der Waals surface area contributed by atoms with Crippen molar-refractivity contribution in [1.82, 2.24) is 15.6 Å². The fourth-order valence-electron chi connectivity index (χ4n) is 2.07. The number of rotatable bonds is 6. The molecule has 5 heteroatoms. The summed E-state index contributed by atoms with van der Waals surface area (Å²) in [6.45, 7) is 4.69. The van der Waals surface area contributed by atoms with E-state index in [1.165, 1.54) is 0 Å². The van der Waals surface area contributed by atoms with E-state index in [1.54, 1.807) is 0 Å². The first-order chi connectivity index (χ1) is 10.1. The Hall–Kier alpha value is -2.30. The smallest absolute Gasteiger partial charge is 0.239 e. The number of nitrogens with one attached hydrogen (secondary N) is 3. The maximum absolute atomic E-state index is 11.9. The molecule has 0 aliphatic carbocycles. The van der Waals surface area contributed by atoms with E-state index in [4.69, 9.17) is 0 Å². The van der Waals surface area contributed by atoms with Crippen molar-refractivity contribution >= 4 is 22.7 Å². The fourth-order valence-corrected chi connectivity index (χ4v) is 2.07. The van der Waals surface area contributed by atoms with Gasteiger partial charge in [0.2, 0.25) is 11.8 Å². The summed E-state index contributed by atoms with van der Waals surface area (Å²) < 4.78 is 0. The molecule has 0 bridgehead atoms. The molecular formula is C16H21N3O2. The van der Waals surface area contributed by atoms with Gasteiger partial charge in [-0.25, -0.2) is 0 Å². The second kappa shape index (κ2) is 6.92. The summed E-state index contributed by atoms with van der Waals surface area (Å²) >= 11 is 0. The van der Waals surface area contributed by atoms with Crippen molar-refractivity contribution < 1.29 is 9.59 Å². The molecule has 1 aromatic carbocycles. The number of carbonyl (C=O) groups is 2. The SMILES string of the molecule is CC(C)CNC(=O)CNC(=O)Cc1c[nH]c2ccccc12. The van der Waals surface area contributed by atoms with Crippen LogP contribution in [0.2, 0.25) is 0 Å². The molecule has 1 aromatic heterocycles. The van der Waals surface area contributed by atoms with Gasteiger partial charge in [-0.2, -0.15) is 0 Å². The number of para-hydroxylation sites is 1. The molecule has 21 heavy (non-hydrogen) atoms. The van der Waals surface area contributed by atoms with Crippen molar-refractivity contribution in [2.24, 2.45) is 5.92 Å². The van der Waals surface area contributed by atoms with Crippen molar-refractivity contribution in [3.63, 3.8) is 0 Å². The average molecular weight is 287 g/mol. The standard InChI is InChI=1S/C16H21N3O2/c1-11(2)8-18-16(21)10-19-15(20)7-12-9-17-14-6-4-3-5-13(12)14/h3-6,9,11,17H,7-8,10H2,1-2H3,(H,18,21)(H,19,20). The second-order valence-electron chi connectivity index (χ2n) is 5.51. The van der Waals surface area contributed by atoms with Crippen LogP contribution in [0.25, 0.3) is 10.9 Å². The van der Waals surface area contributed by atoms with Gasteiger partial charge >= 0.3 is 0 Å². The lowest BCUT2D eigenvalue weighted by atomic mass is 10.1. The topological polar surface area (TPSA) is 74.0 Å². The van der Waals surface area contributed by atoms with E-state index in [-0.39, 0.29) is 24.8 Å². The predicted molar refractivity (Wildman–Crippen MR) is 82.9 cm³/mol. The first kappa shape index (κ1) is 15.1. The first-order valence-electron chi connectivity index (χ1n) is 7.14. The zero-order valence-corrected chi connectivity index (χ0v) is 12.4. The Morgan fingerprint density at radius 1 is 1.14 bits per heavy atom. The van der Waals surface area contributed by atoms with Crippen molar-refractivity contribution in [3.8, 4) is 0 Å². The van der Waals surface area contributed by atoms with E-state index < -0.39 is 0 Å². The van der Waals surface area contributed by atoms with E-state index >= 15 is 0 Å². The van der Waals surface area contributed by atoms with Gasteiger partial charge in [0.25, 0.3) is 0 Å². The van der Waals surface area contributed by atoms with Gasteiger partial charge in [-0.3, -0.25) is 9.59 Å². The summed E-state index contributed by atoms with van der Waals surface area (Å²) in [5.74, 6) is 0.0892. The van der Waals surface area contributed by atoms with Crippen molar-refractivity contribution in [1.29, 1.82) is 0 Å². The van der Waals surface area contributed by atoms with Gasteiger partial charge in [0.05, 0.1) is 13.0 Å². The largest absolute Gasteiger partial charge is 0.361 e. The number of carbonyl (C=O) groups excluding carboxylic acids is 2. The second-order valence-corrected chi connectivity index (χ2v) is 5.51. The van der Waals surface area contributed by atoms with Crippen molar-refractivity contribution in [3.05, 3.63) is 36.0 Å². The fraction of sp³-hybridized carbons (Fsp3) is 0.375. The molecule has 2 rings (SSSR count). The van der Waals surface area contributed by atoms with E-state index in [9.17, 15) is 9.59 Å². The molecule has 2 amide bonds. The van der Waals surface area contributed by atoms with E-state index in [0.29, 0.717) is 12.5 Å². The average Bonchev–Trinajstić information content (AvgIpc) is 2.86. The van der Waals surface area contributed by atoms with Crippen LogP contribution in [0.5, 0.6) is 0 Å². The van der Waals surface area contributed by atoms with Crippen molar-refractivity contribution in [2.45, 2.75) is 20.3 Å². The third-order valence-electron chi connectivity index (χ3n) is 3.18. The monoisotopic (exact) mass is 287 g/mol. The lowest BCUT2D eigenvalue weighted by Crippen LogP contribution is -2.38. The zero-order chi connectivity index (χ0) is 15.2. The summed E-state index contributed by atoms with van der Waals surface area (Å²) in [4.78, 5) is 26.6. The molecule has 0 aliphatic rings. The quantitative estimate of drug-likeness (QED) is 0.755. The first-order valence-corrected chi connectivity index (χ1v) is 7.14. The lowest BCUT2D eigenvalue weighted by molar-refractivity contribution is -0.125. The summed E-state index contributed by atoms with van der Waals surface area (Å²) in [6, 6.07) is 7.83. The normalized spacial score (nSPS) is 10.8. The summed E-state index contributed by atoms with van der Waals surface area (Å²) in [7, 11) is 0. The van der Waals surface area contributed by atoms with Crippen molar-refractivity contribution in [2.75, 3.05) is 13.1 Å². The number of aromatic nitrogens is 1. The van der Waals surface area contributed by atoms with Gasteiger partial charge in [-0.15, -0.1) is 0 Å². The highest BCUT2D eigenvalue weighted by atomic mass is 16.2. The van der Waals surface area contributed by atoms with Crippen LogP contribution in [-0.2, 0) is 16.0 Å². The van der Waals surface area contributed by atoms with E-state index in [2.05, 4.69) is 15.6 Å². The third-order valence-corrected chi connectivity index (χ3v) is 3.18. The Bertz CT molecular complexity index is 631. The number of fused-ring (bicyclic) bond motifs is 1. The molecule has 1 heterocycles. The number of hydrogen-bond acceptors (Lipinski definition) is 2. The highest BCUT2D eigenvalue weighted by molar-refractivity contribution is 5.90. The maximum Gasteiger partial charge on any atom is 0.239 e. The third kappa shape index (κ3) is 4.34. The zero-order valence-electron chi connectivity index (χ0n) is 12.4. The maximum atomic E-state index is 11.9. The Morgan fingerprint density at radius 2 is 1.90 bits per heavy atom. The molecule has 2 aromatic rings. The van der Waals surface area contributed by atoms with Crippen LogP contribution in [0.15, 0.2) is 30.5 Å². The molecule has 112 valence electrons. The van der Waals surface area contributed by atoms with Crippen LogP contribution in [0.1, 0.15) is 19.4 Å². The lowest BCUT2D eigenvalue weighted by Gasteiger charge is -2.08. The highest BCUT2D eigenvalue weighted by Crippen LogP contribution is 2.17. The van der Waals surface area contributed by atoms with Gasteiger partial charge in [-0.1, -0.05) is 32.0 Å². The molecule has 0 saturated carbocycles. The Morgan fingerprint density at radius 3 is 2.67 bits per heavy atom. The minimum absolute atomic E-state index is 0.0217. The Labute approximate surface area is 124 Å². The molecule has 0 saturated heterocycles. The van der Waals surface area contributed by atoms with Crippen LogP contribution in [0.4, 0.5) is 0 Å². The molecule has 0 unspecified atom stereocenters. The number of H-pyrrole nitrogens is 1. The van der Waals surface area contributed by atoms with E-state index in [1.807, 2.05) is 44.3 Å². The number of amides is 2. The predicted octanol–water partition coefficient (Wildman–Crippen LogP) is 1.60. The van der Waals surface area contributed by atoms with Gasteiger partial charge < -0.3 is 15.6 Å². The van der Waals surface area contributed by atoms with Crippen LogP contribution in [-0.4, -0.2) is 29.9 Å². The Balaban J connectivity index is 1.83. The van der Waals surface area contributed by atoms with Crippen LogP contribution in [0, 0.1) is 5.92 Å². The van der Waals surface area contributed by atoms with Crippen LogP contribution < -0.4 is 10.6 Å². The van der Waals surface area contributed by atoms with Gasteiger partial charge in [0.1, 0.15) is 0 Å². The Kier molecular flexibility index (Phi) is 4.98. The number of aromatic amines is 1.